The minimum absolute atomic E-state index is 0.104. The molecule has 0 atom stereocenters. The Morgan fingerprint density at radius 1 is 1.35 bits per heavy atom. The van der Waals surface area contributed by atoms with E-state index in [2.05, 4.69) is 5.32 Å². The van der Waals surface area contributed by atoms with Crippen molar-refractivity contribution in [3.05, 3.63) is 41.6 Å². The molecule has 1 aromatic rings. The van der Waals surface area contributed by atoms with Crippen molar-refractivity contribution in [3.63, 3.8) is 0 Å². The molecule has 92 valence electrons. The van der Waals surface area contributed by atoms with Gasteiger partial charge in [-0.3, -0.25) is 4.79 Å². The average molecular weight is 254 g/mol. The fraction of sp³-hybridized carbons (Fsp3) is 0.308. The highest BCUT2D eigenvalue weighted by atomic mass is 35.5. The van der Waals surface area contributed by atoms with Gasteiger partial charge in [0.25, 0.3) is 0 Å². The number of carbonyl (C=O) groups excluding carboxylic acids is 1. The monoisotopic (exact) mass is 253 g/mol. The molecule has 0 unspecified atom stereocenters. The van der Waals surface area contributed by atoms with E-state index in [1.165, 1.54) is 6.26 Å². The zero-order chi connectivity index (χ0) is 12.9. The predicted octanol–water partition coefficient (Wildman–Crippen LogP) is 3.46. The molecule has 0 bridgehead atoms. The van der Waals surface area contributed by atoms with Crippen LogP contribution in [0.2, 0.25) is 5.02 Å². The molecular weight excluding hydrogens is 238 g/mol. The van der Waals surface area contributed by atoms with Crippen LogP contribution in [0.1, 0.15) is 13.8 Å². The van der Waals surface area contributed by atoms with Gasteiger partial charge in [0.05, 0.1) is 18.8 Å². The van der Waals surface area contributed by atoms with Crippen LogP contribution in [-0.4, -0.2) is 13.0 Å². The Kier molecular flexibility index (Phi) is 4.58. The highest BCUT2D eigenvalue weighted by molar-refractivity contribution is 6.30. The third-order valence-electron chi connectivity index (χ3n) is 2.31. The van der Waals surface area contributed by atoms with Crippen LogP contribution < -0.4 is 5.32 Å². The number of benzene rings is 1. The second kappa shape index (κ2) is 5.73. The molecule has 4 heteroatoms. The Morgan fingerprint density at radius 3 is 2.47 bits per heavy atom. The lowest BCUT2D eigenvalue weighted by Crippen LogP contribution is -2.28. The minimum atomic E-state index is -0.629. The molecule has 0 aliphatic heterocycles. The predicted molar refractivity (Wildman–Crippen MR) is 70.0 cm³/mol. The van der Waals surface area contributed by atoms with Crippen molar-refractivity contribution in [2.75, 3.05) is 12.4 Å². The highest BCUT2D eigenvalue weighted by Gasteiger charge is 2.24. The second-order valence-corrected chi connectivity index (χ2v) is 4.66. The molecule has 3 nitrogen and oxygen atoms in total. The number of ether oxygens (including phenoxy) is 1. The van der Waals surface area contributed by atoms with Gasteiger partial charge < -0.3 is 10.1 Å². The highest BCUT2D eigenvalue weighted by Crippen LogP contribution is 2.21. The van der Waals surface area contributed by atoms with E-state index in [4.69, 9.17) is 16.3 Å². The summed E-state index contributed by atoms with van der Waals surface area (Å²) < 4.78 is 4.82. The van der Waals surface area contributed by atoms with Crippen LogP contribution in [0.3, 0.4) is 0 Å². The van der Waals surface area contributed by atoms with Crippen molar-refractivity contribution in [1.82, 2.24) is 0 Å². The molecule has 0 aliphatic rings. The summed E-state index contributed by atoms with van der Waals surface area (Å²) in [6.45, 7) is 3.63. The third kappa shape index (κ3) is 4.11. The number of carbonyl (C=O) groups is 1. The normalized spacial score (nSPS) is 11.5. The zero-order valence-electron chi connectivity index (χ0n) is 10.2. The summed E-state index contributed by atoms with van der Waals surface area (Å²) in [4.78, 5) is 12.0. The number of rotatable bonds is 4. The van der Waals surface area contributed by atoms with Crippen LogP contribution in [0, 0.1) is 5.41 Å². The van der Waals surface area contributed by atoms with Gasteiger partial charge in [0.2, 0.25) is 5.91 Å². The maximum absolute atomic E-state index is 12.0. The molecule has 0 saturated heterocycles. The standard InChI is InChI=1S/C13H16ClNO2/c1-13(2,8-9-17-3)12(16)15-11-6-4-10(14)5-7-11/h4-9H,1-3H3,(H,15,16)/b9-8+. The Bertz CT molecular complexity index is 410. The van der Waals surface area contributed by atoms with Crippen molar-refractivity contribution < 1.29 is 9.53 Å². The van der Waals surface area contributed by atoms with Crippen molar-refractivity contribution in [2.45, 2.75) is 13.8 Å². The number of amides is 1. The third-order valence-corrected chi connectivity index (χ3v) is 2.56. The summed E-state index contributed by atoms with van der Waals surface area (Å²) >= 11 is 5.77. The van der Waals surface area contributed by atoms with Crippen molar-refractivity contribution in [2.24, 2.45) is 5.41 Å². The number of hydrogen-bond donors (Lipinski definition) is 1. The van der Waals surface area contributed by atoms with E-state index in [9.17, 15) is 4.79 Å². The number of nitrogens with one attached hydrogen (secondary N) is 1. The van der Waals surface area contributed by atoms with Gasteiger partial charge in [-0.25, -0.2) is 0 Å². The van der Waals surface area contributed by atoms with E-state index in [0.717, 1.165) is 5.69 Å². The topological polar surface area (TPSA) is 38.3 Å². The number of methoxy groups -OCH3 is 1. The van der Waals surface area contributed by atoms with E-state index in [1.54, 1.807) is 37.5 Å². The molecule has 17 heavy (non-hydrogen) atoms. The first-order chi connectivity index (χ1) is 7.95. The molecule has 1 N–H and O–H groups in total. The molecule has 1 amide bonds. The second-order valence-electron chi connectivity index (χ2n) is 4.22. The molecule has 0 radical (unpaired) electrons. The van der Waals surface area contributed by atoms with Crippen molar-refractivity contribution in [1.29, 1.82) is 0 Å². The van der Waals surface area contributed by atoms with Gasteiger partial charge in [-0.15, -0.1) is 0 Å². The molecule has 1 rings (SSSR count). The first kappa shape index (κ1) is 13.6. The molecule has 1 aromatic carbocycles. The minimum Gasteiger partial charge on any atom is -0.505 e. The van der Waals surface area contributed by atoms with Crippen LogP contribution in [0.4, 0.5) is 5.69 Å². The van der Waals surface area contributed by atoms with Gasteiger partial charge in [0.15, 0.2) is 0 Å². The van der Waals surface area contributed by atoms with Gasteiger partial charge in [0, 0.05) is 10.7 Å². The molecule has 0 spiro atoms. The molecule has 0 fully saturated rings. The lowest BCUT2D eigenvalue weighted by Gasteiger charge is -2.19. The molecule has 0 heterocycles. The SMILES string of the molecule is CO/C=C/C(C)(C)C(=O)Nc1ccc(Cl)cc1. The summed E-state index contributed by atoms with van der Waals surface area (Å²) in [6, 6.07) is 6.98. The first-order valence-corrected chi connectivity index (χ1v) is 5.61. The van der Waals surface area contributed by atoms with Crippen LogP contribution >= 0.6 is 11.6 Å². The fourth-order valence-electron chi connectivity index (χ4n) is 1.14. The van der Waals surface area contributed by atoms with Crippen molar-refractivity contribution >= 4 is 23.2 Å². The molecule has 0 saturated carbocycles. The number of halogens is 1. The quantitative estimate of drug-likeness (QED) is 0.835. The van der Waals surface area contributed by atoms with E-state index in [0.29, 0.717) is 5.02 Å². The van der Waals surface area contributed by atoms with E-state index < -0.39 is 5.41 Å². The summed E-state index contributed by atoms with van der Waals surface area (Å²) in [5.41, 5.74) is 0.0913. The van der Waals surface area contributed by atoms with Gasteiger partial charge in [-0.05, 0) is 44.2 Å². The molecular formula is C13H16ClNO2. The fourth-order valence-corrected chi connectivity index (χ4v) is 1.27. The van der Waals surface area contributed by atoms with Crippen LogP contribution in [0.5, 0.6) is 0 Å². The Morgan fingerprint density at radius 2 is 1.94 bits per heavy atom. The van der Waals surface area contributed by atoms with E-state index in [-0.39, 0.29) is 5.91 Å². The van der Waals surface area contributed by atoms with Crippen LogP contribution in [-0.2, 0) is 9.53 Å². The van der Waals surface area contributed by atoms with Crippen molar-refractivity contribution in [3.8, 4) is 0 Å². The number of anilines is 1. The lowest BCUT2D eigenvalue weighted by molar-refractivity contribution is -0.121. The smallest absolute Gasteiger partial charge is 0.233 e. The van der Waals surface area contributed by atoms with E-state index >= 15 is 0 Å². The van der Waals surface area contributed by atoms with Gasteiger partial charge in [-0.1, -0.05) is 11.6 Å². The van der Waals surface area contributed by atoms with Crippen LogP contribution in [0.15, 0.2) is 36.6 Å². The Balaban J connectivity index is 2.71. The first-order valence-electron chi connectivity index (χ1n) is 5.23. The summed E-state index contributed by atoms with van der Waals surface area (Å²) in [5, 5.41) is 3.45. The largest absolute Gasteiger partial charge is 0.505 e. The maximum atomic E-state index is 12.0. The summed E-state index contributed by atoms with van der Waals surface area (Å²) in [7, 11) is 1.55. The Hall–Kier alpha value is -1.48. The van der Waals surface area contributed by atoms with Gasteiger partial charge in [-0.2, -0.15) is 0 Å². The van der Waals surface area contributed by atoms with Crippen LogP contribution in [0.25, 0.3) is 0 Å². The zero-order valence-corrected chi connectivity index (χ0v) is 10.9. The van der Waals surface area contributed by atoms with E-state index in [1.807, 2.05) is 13.8 Å². The molecule has 0 aromatic heterocycles. The maximum Gasteiger partial charge on any atom is 0.233 e. The number of hydrogen-bond acceptors (Lipinski definition) is 2. The Labute approximate surface area is 106 Å². The summed E-state index contributed by atoms with van der Waals surface area (Å²) in [6.07, 6.45) is 3.21. The van der Waals surface area contributed by atoms with Gasteiger partial charge >= 0.3 is 0 Å². The lowest BCUT2D eigenvalue weighted by atomic mass is 9.92. The summed E-state index contributed by atoms with van der Waals surface area (Å²) in [5.74, 6) is -0.104. The average Bonchev–Trinajstić information content (AvgIpc) is 2.29. The van der Waals surface area contributed by atoms with Gasteiger partial charge in [0.1, 0.15) is 0 Å². The molecule has 0 aliphatic carbocycles.